The van der Waals surface area contributed by atoms with Crippen LogP contribution in [0, 0.1) is 0 Å². The van der Waals surface area contributed by atoms with Crippen LogP contribution in [0.1, 0.15) is 19.8 Å². The van der Waals surface area contributed by atoms with Crippen molar-refractivity contribution in [2.24, 2.45) is 0 Å². The summed E-state index contributed by atoms with van der Waals surface area (Å²) in [5.74, 6) is -0.232. The molecule has 5 heteroatoms. The molecule has 0 bridgehead atoms. The zero-order valence-electron chi connectivity index (χ0n) is 10.8. The largest absolute Gasteiger partial charge is 0.466 e. The van der Waals surface area contributed by atoms with Crippen LogP contribution in [0.2, 0.25) is 0 Å². The second-order valence-electron chi connectivity index (χ2n) is 4.17. The van der Waals surface area contributed by atoms with Gasteiger partial charge < -0.3 is 4.74 Å². The van der Waals surface area contributed by atoms with Gasteiger partial charge in [-0.05, 0) is 25.5 Å². The summed E-state index contributed by atoms with van der Waals surface area (Å²) in [7, 11) is 0. The Morgan fingerprint density at radius 2 is 2.16 bits per heavy atom. The van der Waals surface area contributed by atoms with Crippen molar-refractivity contribution < 1.29 is 9.53 Å². The number of para-hydroxylation sites is 1. The van der Waals surface area contributed by atoms with Crippen LogP contribution in [0.4, 0.5) is 0 Å². The van der Waals surface area contributed by atoms with Gasteiger partial charge in [-0.2, -0.15) is 0 Å². The highest BCUT2D eigenvalue weighted by molar-refractivity contribution is 5.76. The van der Waals surface area contributed by atoms with Crippen molar-refractivity contribution in [2.75, 3.05) is 6.61 Å². The highest BCUT2D eigenvalue weighted by Crippen LogP contribution is 2.05. The maximum atomic E-state index is 12.1. The number of rotatable bonds is 5. The summed E-state index contributed by atoms with van der Waals surface area (Å²) in [6.45, 7) is 2.63. The number of carbonyl (C=O) groups is 1. The maximum Gasteiger partial charge on any atom is 0.305 e. The lowest BCUT2D eigenvalue weighted by molar-refractivity contribution is -0.143. The van der Waals surface area contributed by atoms with Crippen molar-refractivity contribution in [1.82, 2.24) is 9.55 Å². The number of fused-ring (bicyclic) bond motifs is 1. The Kier molecular flexibility index (Phi) is 4.28. The van der Waals surface area contributed by atoms with Gasteiger partial charge in [0.05, 0.1) is 23.8 Å². The number of ether oxygens (including phenoxy) is 1. The first kappa shape index (κ1) is 13.3. The van der Waals surface area contributed by atoms with E-state index in [9.17, 15) is 9.59 Å². The minimum atomic E-state index is -0.232. The van der Waals surface area contributed by atoms with Crippen LogP contribution in [-0.4, -0.2) is 22.1 Å². The summed E-state index contributed by atoms with van der Waals surface area (Å²) in [5, 5.41) is 0.598. The van der Waals surface area contributed by atoms with Crippen molar-refractivity contribution in [3.05, 3.63) is 40.9 Å². The minimum Gasteiger partial charge on any atom is -0.466 e. The molecule has 1 aromatic carbocycles. The summed E-state index contributed by atoms with van der Waals surface area (Å²) in [6.07, 6.45) is 2.40. The molecule has 0 N–H and O–H groups in total. The molecule has 0 saturated carbocycles. The zero-order chi connectivity index (χ0) is 13.7. The summed E-state index contributed by atoms with van der Waals surface area (Å²) in [5.41, 5.74) is 0.614. The quantitative estimate of drug-likeness (QED) is 0.768. The zero-order valence-corrected chi connectivity index (χ0v) is 10.8. The molecule has 0 aliphatic heterocycles. The van der Waals surface area contributed by atoms with Crippen LogP contribution >= 0.6 is 0 Å². The predicted octanol–water partition coefficient (Wildman–Crippen LogP) is 1.74. The minimum absolute atomic E-state index is 0.0746. The highest BCUT2D eigenvalue weighted by atomic mass is 16.5. The highest BCUT2D eigenvalue weighted by Gasteiger charge is 2.05. The SMILES string of the molecule is CCOC(=O)CCCn1cnc2ccccc2c1=O. The molecule has 0 saturated heterocycles. The molecule has 0 aliphatic rings. The standard InChI is InChI=1S/C14H16N2O3/c1-2-19-13(17)8-5-9-16-10-15-12-7-4-3-6-11(12)14(16)18/h3-4,6-7,10H,2,5,8-9H2,1H3. The Labute approximate surface area is 110 Å². The van der Waals surface area contributed by atoms with Gasteiger partial charge in [-0.15, -0.1) is 0 Å². The predicted molar refractivity (Wildman–Crippen MR) is 71.9 cm³/mol. The van der Waals surface area contributed by atoms with E-state index in [2.05, 4.69) is 4.98 Å². The Balaban J connectivity index is 2.07. The molecule has 100 valence electrons. The van der Waals surface area contributed by atoms with Crippen molar-refractivity contribution in [2.45, 2.75) is 26.3 Å². The molecule has 0 spiro atoms. The molecule has 0 amide bonds. The van der Waals surface area contributed by atoms with E-state index in [0.29, 0.717) is 36.9 Å². The molecule has 19 heavy (non-hydrogen) atoms. The van der Waals surface area contributed by atoms with Crippen molar-refractivity contribution in [3.63, 3.8) is 0 Å². The average Bonchev–Trinajstić information content (AvgIpc) is 2.42. The van der Waals surface area contributed by atoms with Crippen LogP contribution in [0.5, 0.6) is 0 Å². The van der Waals surface area contributed by atoms with Gasteiger partial charge in [0.15, 0.2) is 0 Å². The fraction of sp³-hybridized carbons (Fsp3) is 0.357. The molecule has 0 fully saturated rings. The van der Waals surface area contributed by atoms with Crippen LogP contribution in [0.25, 0.3) is 10.9 Å². The van der Waals surface area contributed by atoms with E-state index in [-0.39, 0.29) is 11.5 Å². The lowest BCUT2D eigenvalue weighted by atomic mass is 10.2. The molecular weight excluding hydrogens is 244 g/mol. The van der Waals surface area contributed by atoms with Gasteiger partial charge in [0.25, 0.3) is 5.56 Å². The van der Waals surface area contributed by atoms with E-state index >= 15 is 0 Å². The normalized spacial score (nSPS) is 10.6. The van der Waals surface area contributed by atoms with E-state index in [4.69, 9.17) is 4.74 Å². The number of esters is 1. The van der Waals surface area contributed by atoms with Crippen molar-refractivity contribution in [1.29, 1.82) is 0 Å². The molecule has 0 unspecified atom stereocenters. The van der Waals surface area contributed by atoms with Gasteiger partial charge in [0.2, 0.25) is 0 Å². The van der Waals surface area contributed by atoms with Crippen molar-refractivity contribution in [3.8, 4) is 0 Å². The number of aryl methyl sites for hydroxylation is 1. The Hall–Kier alpha value is -2.17. The topological polar surface area (TPSA) is 61.2 Å². The van der Waals surface area contributed by atoms with E-state index < -0.39 is 0 Å². The third kappa shape index (κ3) is 3.19. The second kappa shape index (κ2) is 6.13. The molecule has 0 atom stereocenters. The second-order valence-corrected chi connectivity index (χ2v) is 4.17. The number of carbonyl (C=O) groups excluding carboxylic acids is 1. The van der Waals surface area contributed by atoms with Crippen molar-refractivity contribution >= 4 is 16.9 Å². The number of nitrogens with zero attached hydrogens (tertiary/aromatic N) is 2. The van der Waals surface area contributed by atoms with Crippen LogP contribution in [-0.2, 0) is 16.1 Å². The Bertz CT molecular complexity index is 634. The molecular formula is C14H16N2O3. The number of benzene rings is 1. The van der Waals surface area contributed by atoms with E-state index in [1.165, 1.54) is 10.9 Å². The summed E-state index contributed by atoms with van der Waals surface area (Å²) in [6, 6.07) is 7.22. The monoisotopic (exact) mass is 260 g/mol. The molecule has 1 aromatic heterocycles. The van der Waals surface area contributed by atoms with Gasteiger partial charge in [0.1, 0.15) is 0 Å². The van der Waals surface area contributed by atoms with Crippen LogP contribution in [0.15, 0.2) is 35.4 Å². The van der Waals surface area contributed by atoms with Crippen LogP contribution < -0.4 is 5.56 Å². The third-order valence-electron chi connectivity index (χ3n) is 2.82. The number of hydrogen-bond acceptors (Lipinski definition) is 4. The van der Waals surface area contributed by atoms with Gasteiger partial charge in [-0.3, -0.25) is 14.2 Å². The molecule has 2 aromatic rings. The van der Waals surface area contributed by atoms with Gasteiger partial charge in [0, 0.05) is 13.0 Å². The number of aromatic nitrogens is 2. The molecule has 2 rings (SSSR count). The first-order chi connectivity index (χ1) is 9.22. The van der Waals surface area contributed by atoms with Gasteiger partial charge >= 0.3 is 5.97 Å². The summed E-state index contributed by atoms with van der Waals surface area (Å²) < 4.78 is 6.37. The Morgan fingerprint density at radius 1 is 1.37 bits per heavy atom. The number of hydrogen-bond donors (Lipinski definition) is 0. The first-order valence-corrected chi connectivity index (χ1v) is 6.32. The summed E-state index contributed by atoms with van der Waals surface area (Å²) >= 11 is 0. The maximum absolute atomic E-state index is 12.1. The fourth-order valence-corrected chi connectivity index (χ4v) is 1.89. The lowest BCUT2D eigenvalue weighted by Crippen LogP contribution is -2.21. The van der Waals surface area contributed by atoms with Crippen LogP contribution in [0.3, 0.4) is 0 Å². The Morgan fingerprint density at radius 3 is 2.95 bits per heavy atom. The smallest absolute Gasteiger partial charge is 0.305 e. The van der Waals surface area contributed by atoms with E-state index in [1.54, 1.807) is 19.1 Å². The fourth-order valence-electron chi connectivity index (χ4n) is 1.89. The third-order valence-corrected chi connectivity index (χ3v) is 2.82. The molecule has 0 aliphatic carbocycles. The molecule has 5 nitrogen and oxygen atoms in total. The first-order valence-electron chi connectivity index (χ1n) is 6.32. The average molecular weight is 260 g/mol. The van der Waals surface area contributed by atoms with E-state index in [1.807, 2.05) is 12.1 Å². The van der Waals surface area contributed by atoms with Gasteiger partial charge in [-0.1, -0.05) is 12.1 Å². The molecule has 1 heterocycles. The van der Waals surface area contributed by atoms with E-state index in [0.717, 1.165) is 0 Å². The summed E-state index contributed by atoms with van der Waals surface area (Å²) in [4.78, 5) is 27.6. The van der Waals surface area contributed by atoms with Gasteiger partial charge in [-0.25, -0.2) is 4.98 Å². The molecule has 0 radical (unpaired) electrons. The lowest BCUT2D eigenvalue weighted by Gasteiger charge is -2.06.